The van der Waals surface area contributed by atoms with Crippen molar-refractivity contribution in [1.29, 1.82) is 0 Å². The number of nitrogens with zero attached hydrogens (tertiary/aromatic N) is 4. The molecule has 0 spiro atoms. The number of carbonyl (C=O) groups is 2. The van der Waals surface area contributed by atoms with Crippen molar-refractivity contribution < 1.29 is 9.59 Å². The number of benzene rings is 2. The van der Waals surface area contributed by atoms with Gasteiger partial charge in [-0.3, -0.25) is 9.59 Å². The summed E-state index contributed by atoms with van der Waals surface area (Å²) in [6, 6.07) is 19.1. The van der Waals surface area contributed by atoms with Gasteiger partial charge in [0.15, 0.2) is 0 Å². The van der Waals surface area contributed by atoms with Crippen LogP contribution in [0.1, 0.15) is 24.1 Å². The third-order valence-electron chi connectivity index (χ3n) is 5.24. The Morgan fingerprint density at radius 3 is 2.30 bits per heavy atom. The predicted molar refractivity (Wildman–Crippen MR) is 114 cm³/mol. The van der Waals surface area contributed by atoms with E-state index in [2.05, 4.69) is 15.3 Å². The monoisotopic (exact) mass is 401 g/mol. The summed E-state index contributed by atoms with van der Waals surface area (Å²) in [5.41, 5.74) is 2.84. The average Bonchev–Trinajstić information content (AvgIpc) is 2.79. The lowest BCUT2D eigenvalue weighted by Gasteiger charge is -2.37. The molecule has 7 nitrogen and oxygen atoms in total. The lowest BCUT2D eigenvalue weighted by atomic mass is 10.1. The van der Waals surface area contributed by atoms with Gasteiger partial charge >= 0.3 is 11.8 Å². The summed E-state index contributed by atoms with van der Waals surface area (Å²) >= 11 is 0. The van der Waals surface area contributed by atoms with Crippen LogP contribution in [0, 0.1) is 0 Å². The van der Waals surface area contributed by atoms with Crippen LogP contribution in [0.15, 0.2) is 73.1 Å². The Balaban J connectivity index is 1.38. The number of carbonyl (C=O) groups excluding carboxylic acids is 2. The maximum atomic E-state index is 12.7. The second-order valence-electron chi connectivity index (χ2n) is 7.21. The summed E-state index contributed by atoms with van der Waals surface area (Å²) in [4.78, 5) is 36.9. The molecule has 30 heavy (non-hydrogen) atoms. The highest BCUT2D eigenvalue weighted by atomic mass is 16.2. The quantitative estimate of drug-likeness (QED) is 0.642. The zero-order valence-corrected chi connectivity index (χ0v) is 16.7. The lowest BCUT2D eigenvalue weighted by Crippen LogP contribution is -2.54. The maximum absolute atomic E-state index is 12.7. The van der Waals surface area contributed by atoms with E-state index in [1.54, 1.807) is 28.3 Å². The minimum absolute atomic E-state index is 0.129. The Morgan fingerprint density at radius 2 is 1.60 bits per heavy atom. The molecule has 0 radical (unpaired) electrons. The molecule has 1 N–H and O–H groups in total. The number of piperazine rings is 1. The largest absolute Gasteiger partial charge is 0.328 e. The minimum atomic E-state index is -0.455. The predicted octanol–water partition coefficient (Wildman–Crippen LogP) is 3.15. The molecule has 0 saturated carbocycles. The van der Waals surface area contributed by atoms with Gasteiger partial charge in [0.2, 0.25) is 5.95 Å². The zero-order valence-electron chi connectivity index (χ0n) is 16.7. The smallest absolute Gasteiger partial charge is 0.312 e. The molecule has 152 valence electrons. The van der Waals surface area contributed by atoms with Gasteiger partial charge < -0.3 is 15.1 Å². The summed E-state index contributed by atoms with van der Waals surface area (Å²) in [6.07, 6.45) is 3.34. The van der Waals surface area contributed by atoms with Crippen molar-refractivity contribution in [3.05, 3.63) is 84.2 Å². The van der Waals surface area contributed by atoms with Gasteiger partial charge in [0.1, 0.15) is 0 Å². The highest BCUT2D eigenvalue weighted by molar-refractivity contribution is 6.35. The third-order valence-corrected chi connectivity index (χ3v) is 5.24. The molecular formula is C23H23N5O2. The highest BCUT2D eigenvalue weighted by Crippen LogP contribution is 2.23. The van der Waals surface area contributed by atoms with E-state index in [0.29, 0.717) is 25.6 Å². The van der Waals surface area contributed by atoms with Crippen LogP contribution in [-0.4, -0.2) is 44.7 Å². The molecule has 1 aromatic heterocycles. The number of hydrogen-bond donors (Lipinski definition) is 1. The van der Waals surface area contributed by atoms with Gasteiger partial charge in [0.05, 0.1) is 6.04 Å². The fourth-order valence-corrected chi connectivity index (χ4v) is 3.53. The van der Waals surface area contributed by atoms with E-state index in [9.17, 15) is 9.59 Å². The molecule has 3 aromatic rings. The number of rotatable bonds is 6. The number of anilines is 2. The first-order valence-corrected chi connectivity index (χ1v) is 9.89. The van der Waals surface area contributed by atoms with Gasteiger partial charge in [0, 0.05) is 37.7 Å². The van der Waals surface area contributed by atoms with Crippen LogP contribution < -0.4 is 5.32 Å². The Kier molecular flexibility index (Phi) is 5.70. The zero-order chi connectivity index (χ0) is 20.9. The third kappa shape index (κ3) is 4.30. The van der Waals surface area contributed by atoms with E-state index in [4.69, 9.17) is 0 Å². The van der Waals surface area contributed by atoms with Crippen LogP contribution >= 0.6 is 0 Å². The van der Waals surface area contributed by atoms with Crippen molar-refractivity contribution in [2.75, 3.05) is 18.4 Å². The van der Waals surface area contributed by atoms with Gasteiger partial charge in [0.25, 0.3) is 0 Å². The lowest BCUT2D eigenvalue weighted by molar-refractivity contribution is -0.158. The first-order valence-electron chi connectivity index (χ1n) is 9.89. The normalized spacial score (nSPS) is 15.2. The van der Waals surface area contributed by atoms with E-state index in [1.807, 2.05) is 61.5 Å². The van der Waals surface area contributed by atoms with Crippen LogP contribution in [0.25, 0.3) is 0 Å². The molecule has 1 aliphatic rings. The van der Waals surface area contributed by atoms with Gasteiger partial charge in [-0.15, -0.1) is 0 Å². The Bertz CT molecular complexity index is 1010. The van der Waals surface area contributed by atoms with Crippen molar-refractivity contribution in [2.45, 2.75) is 19.5 Å². The van der Waals surface area contributed by atoms with Crippen LogP contribution in [-0.2, 0) is 16.1 Å². The SMILES string of the molecule is CC(c1ccccc1)N1CCN(Cc2ccc(Nc3ncccn3)cc2)C(=O)C1=O. The number of hydrogen-bond acceptors (Lipinski definition) is 5. The van der Waals surface area contributed by atoms with E-state index in [1.165, 1.54) is 0 Å². The highest BCUT2D eigenvalue weighted by Gasteiger charge is 2.35. The van der Waals surface area contributed by atoms with E-state index in [-0.39, 0.29) is 6.04 Å². The van der Waals surface area contributed by atoms with Crippen molar-refractivity contribution in [3.63, 3.8) is 0 Å². The van der Waals surface area contributed by atoms with Crippen molar-refractivity contribution >= 4 is 23.5 Å². The number of nitrogens with one attached hydrogen (secondary N) is 1. The average molecular weight is 401 g/mol. The summed E-state index contributed by atoms with van der Waals surface area (Å²) in [7, 11) is 0. The molecule has 2 heterocycles. The summed E-state index contributed by atoms with van der Waals surface area (Å²) in [6.45, 7) is 3.39. The van der Waals surface area contributed by atoms with E-state index < -0.39 is 11.8 Å². The molecule has 4 rings (SSSR count). The van der Waals surface area contributed by atoms with Crippen molar-refractivity contribution in [2.24, 2.45) is 0 Å². The Labute approximate surface area is 175 Å². The van der Waals surface area contributed by atoms with Crippen molar-refractivity contribution in [3.8, 4) is 0 Å². The van der Waals surface area contributed by atoms with Gasteiger partial charge in [-0.1, -0.05) is 42.5 Å². The summed E-state index contributed by atoms with van der Waals surface area (Å²) < 4.78 is 0. The van der Waals surface area contributed by atoms with Gasteiger partial charge in [-0.25, -0.2) is 9.97 Å². The van der Waals surface area contributed by atoms with Crippen LogP contribution in [0.5, 0.6) is 0 Å². The molecule has 0 bridgehead atoms. The second-order valence-corrected chi connectivity index (χ2v) is 7.21. The van der Waals surface area contributed by atoms with Crippen molar-refractivity contribution in [1.82, 2.24) is 19.8 Å². The van der Waals surface area contributed by atoms with Gasteiger partial charge in [-0.05, 0) is 36.2 Å². The molecule has 2 amide bonds. The Hall–Kier alpha value is -3.74. The van der Waals surface area contributed by atoms with Gasteiger partial charge in [-0.2, -0.15) is 0 Å². The molecule has 1 saturated heterocycles. The van der Waals surface area contributed by atoms with E-state index in [0.717, 1.165) is 16.8 Å². The van der Waals surface area contributed by atoms with Crippen LogP contribution in [0.4, 0.5) is 11.6 Å². The fraction of sp³-hybridized carbons (Fsp3) is 0.217. The van der Waals surface area contributed by atoms with E-state index >= 15 is 0 Å². The van der Waals surface area contributed by atoms with Crippen LogP contribution in [0.2, 0.25) is 0 Å². The molecule has 1 fully saturated rings. The Morgan fingerprint density at radius 1 is 0.900 bits per heavy atom. The molecule has 0 aliphatic carbocycles. The molecule has 2 aromatic carbocycles. The summed E-state index contributed by atoms with van der Waals surface area (Å²) in [5, 5.41) is 3.12. The molecule has 1 aliphatic heterocycles. The molecule has 7 heteroatoms. The number of amides is 2. The molecular weight excluding hydrogens is 378 g/mol. The molecule has 1 unspecified atom stereocenters. The topological polar surface area (TPSA) is 78.4 Å². The molecule has 1 atom stereocenters. The fourth-order valence-electron chi connectivity index (χ4n) is 3.53. The van der Waals surface area contributed by atoms with Crippen LogP contribution in [0.3, 0.4) is 0 Å². The maximum Gasteiger partial charge on any atom is 0.312 e. The first kappa shape index (κ1) is 19.6. The summed E-state index contributed by atoms with van der Waals surface area (Å²) in [5.74, 6) is -0.379. The number of aromatic nitrogens is 2. The minimum Gasteiger partial charge on any atom is -0.328 e. The first-order chi connectivity index (χ1) is 14.6. The standard InChI is InChI=1S/C23H23N5O2/c1-17(19-6-3-2-4-7-19)28-15-14-27(21(29)22(28)30)16-18-8-10-20(11-9-18)26-23-24-12-5-13-25-23/h2-13,17H,14-16H2,1H3,(H,24,25,26). The second kappa shape index (κ2) is 8.73.